The van der Waals surface area contributed by atoms with Gasteiger partial charge >= 0.3 is 5.97 Å². The summed E-state index contributed by atoms with van der Waals surface area (Å²) in [7, 11) is -3.51. The number of nitrogen functional groups attached to an aromatic ring is 1. The molecule has 0 fully saturated rings. The van der Waals surface area contributed by atoms with E-state index in [-0.39, 0.29) is 39.8 Å². The van der Waals surface area contributed by atoms with Crippen LogP contribution in [0.1, 0.15) is 21.7 Å². The summed E-state index contributed by atoms with van der Waals surface area (Å²) >= 11 is 6.01. The highest BCUT2D eigenvalue weighted by Crippen LogP contribution is 2.22. The van der Waals surface area contributed by atoms with Crippen molar-refractivity contribution in [3.05, 3.63) is 64.4 Å². The van der Waals surface area contributed by atoms with Gasteiger partial charge in [-0.1, -0.05) is 29.8 Å². The molecule has 2 aromatic carbocycles. The van der Waals surface area contributed by atoms with Crippen molar-refractivity contribution in [2.45, 2.75) is 18.4 Å². The molecule has 3 N–H and O–H groups in total. The molecular weight excluding hydrogens is 430 g/mol. The Bertz CT molecular complexity index is 1220. The van der Waals surface area contributed by atoms with Crippen molar-refractivity contribution >= 4 is 45.0 Å². The monoisotopic (exact) mass is 447 g/mol. The summed E-state index contributed by atoms with van der Waals surface area (Å²) in [5.41, 5.74) is 7.41. The number of sulfone groups is 1. The van der Waals surface area contributed by atoms with Crippen LogP contribution in [0.4, 0.5) is 17.6 Å². The van der Waals surface area contributed by atoms with E-state index in [1.807, 2.05) is 31.2 Å². The number of hydrogen-bond donors (Lipinski definition) is 2. The highest BCUT2D eigenvalue weighted by atomic mass is 35.5. The smallest absolute Gasteiger partial charge is 0.340 e. The van der Waals surface area contributed by atoms with Crippen LogP contribution >= 0.6 is 11.6 Å². The van der Waals surface area contributed by atoms with E-state index in [1.165, 1.54) is 12.1 Å². The van der Waals surface area contributed by atoms with Crippen molar-refractivity contribution < 1.29 is 17.9 Å². The lowest BCUT2D eigenvalue weighted by Gasteiger charge is -2.10. The molecule has 0 unspecified atom stereocenters. The summed E-state index contributed by atoms with van der Waals surface area (Å²) in [6.07, 6.45) is 1.03. The normalized spacial score (nSPS) is 11.2. The molecule has 0 aliphatic rings. The summed E-state index contributed by atoms with van der Waals surface area (Å²) in [4.78, 5) is 24.5. The van der Waals surface area contributed by atoms with Crippen molar-refractivity contribution in [1.29, 1.82) is 0 Å². The van der Waals surface area contributed by atoms with E-state index in [9.17, 15) is 13.2 Å². The molecule has 1 aromatic heterocycles. The third-order valence-electron chi connectivity index (χ3n) is 4.01. The molecule has 3 aromatic rings. The van der Waals surface area contributed by atoms with Gasteiger partial charge in [0.1, 0.15) is 0 Å². The maximum absolute atomic E-state index is 12.4. The van der Waals surface area contributed by atoms with Crippen molar-refractivity contribution in [1.82, 2.24) is 15.0 Å². The number of aryl methyl sites for hydroxylation is 1. The molecule has 9 nitrogen and oxygen atoms in total. The largest absolute Gasteiger partial charge is 0.454 e. The van der Waals surface area contributed by atoms with Gasteiger partial charge in [0.15, 0.2) is 22.3 Å². The number of ether oxygens (including phenoxy) is 1. The number of benzene rings is 2. The molecule has 30 heavy (non-hydrogen) atoms. The van der Waals surface area contributed by atoms with Gasteiger partial charge in [-0.3, -0.25) is 0 Å². The highest BCUT2D eigenvalue weighted by molar-refractivity contribution is 7.90. The number of rotatable bonds is 6. The Labute approximate surface area is 178 Å². The van der Waals surface area contributed by atoms with Gasteiger partial charge in [0.25, 0.3) is 0 Å². The zero-order valence-electron chi connectivity index (χ0n) is 16.1. The number of nitrogens with one attached hydrogen (secondary N) is 1. The number of nitrogens with zero attached hydrogens (tertiary/aromatic N) is 3. The number of carbonyl (C=O) groups is 1. The Morgan fingerprint density at radius 3 is 2.60 bits per heavy atom. The minimum atomic E-state index is -3.51. The molecule has 0 saturated heterocycles. The highest BCUT2D eigenvalue weighted by Gasteiger charge is 2.17. The van der Waals surface area contributed by atoms with Gasteiger partial charge in [-0.05, 0) is 36.8 Å². The van der Waals surface area contributed by atoms with E-state index < -0.39 is 15.8 Å². The molecule has 0 amide bonds. The van der Waals surface area contributed by atoms with Crippen LogP contribution < -0.4 is 11.1 Å². The molecule has 1 heterocycles. The number of para-hydroxylation sites is 1. The molecule has 156 valence electrons. The summed E-state index contributed by atoms with van der Waals surface area (Å²) in [6, 6.07) is 11.3. The van der Waals surface area contributed by atoms with Crippen molar-refractivity contribution in [2.24, 2.45) is 0 Å². The molecule has 0 bridgehead atoms. The van der Waals surface area contributed by atoms with E-state index >= 15 is 0 Å². The third kappa shape index (κ3) is 5.22. The Morgan fingerprint density at radius 1 is 1.17 bits per heavy atom. The van der Waals surface area contributed by atoms with Crippen LogP contribution in [-0.2, 0) is 21.2 Å². The first-order valence-electron chi connectivity index (χ1n) is 8.63. The van der Waals surface area contributed by atoms with Crippen LogP contribution in [0.2, 0.25) is 5.02 Å². The van der Waals surface area contributed by atoms with Crippen molar-refractivity contribution in [3.63, 3.8) is 0 Å². The lowest BCUT2D eigenvalue weighted by Crippen LogP contribution is -2.12. The zero-order chi connectivity index (χ0) is 21.9. The predicted molar refractivity (Wildman–Crippen MR) is 112 cm³/mol. The van der Waals surface area contributed by atoms with Gasteiger partial charge in [-0.25, -0.2) is 13.2 Å². The maximum Gasteiger partial charge on any atom is 0.340 e. The van der Waals surface area contributed by atoms with Crippen LogP contribution in [0.25, 0.3) is 0 Å². The standard InChI is InChI=1S/C19H18ClN5O4S/c1-11-5-3-4-6-15(11)22-19-24-16(23-18(21)25-19)10-29-17(26)13-9-12(30(2,27)28)7-8-14(13)20/h3-9H,10H2,1-2H3,(H3,21,22,23,24,25). The van der Waals surface area contributed by atoms with Crippen LogP contribution in [-0.4, -0.2) is 35.6 Å². The molecule has 0 saturated carbocycles. The van der Waals surface area contributed by atoms with Gasteiger partial charge in [0, 0.05) is 11.9 Å². The minimum absolute atomic E-state index is 0.0482. The number of anilines is 3. The number of halogens is 1. The van der Waals surface area contributed by atoms with E-state index in [1.54, 1.807) is 0 Å². The number of aromatic nitrogens is 3. The summed E-state index contributed by atoms with van der Waals surface area (Å²) < 4.78 is 28.6. The average Bonchev–Trinajstić information content (AvgIpc) is 2.67. The first kappa shape index (κ1) is 21.5. The van der Waals surface area contributed by atoms with E-state index in [0.717, 1.165) is 23.6 Å². The van der Waals surface area contributed by atoms with Crippen LogP contribution in [0, 0.1) is 6.92 Å². The molecule has 3 rings (SSSR count). The van der Waals surface area contributed by atoms with Crippen LogP contribution in [0.15, 0.2) is 47.4 Å². The molecule has 0 aliphatic heterocycles. The second-order valence-electron chi connectivity index (χ2n) is 6.36. The molecule has 0 atom stereocenters. The first-order chi connectivity index (χ1) is 14.1. The quantitative estimate of drug-likeness (QED) is 0.546. The number of hydrogen-bond acceptors (Lipinski definition) is 9. The predicted octanol–water partition coefficient (Wildman–Crippen LogP) is 2.92. The van der Waals surface area contributed by atoms with Crippen LogP contribution in [0.3, 0.4) is 0 Å². The molecule has 0 spiro atoms. The summed E-state index contributed by atoms with van der Waals surface area (Å²) in [5, 5.41) is 3.10. The average molecular weight is 448 g/mol. The van der Waals surface area contributed by atoms with Gasteiger partial charge in [0.05, 0.1) is 15.5 Å². The van der Waals surface area contributed by atoms with Gasteiger partial charge in [-0.2, -0.15) is 15.0 Å². The number of esters is 1. The Hall–Kier alpha value is -3.24. The zero-order valence-corrected chi connectivity index (χ0v) is 17.7. The molecule has 0 radical (unpaired) electrons. The summed E-state index contributed by atoms with van der Waals surface area (Å²) in [5.74, 6) is -0.565. The first-order valence-corrected chi connectivity index (χ1v) is 10.9. The fourth-order valence-corrected chi connectivity index (χ4v) is 3.33. The molecule has 11 heteroatoms. The molecular formula is C19H18ClN5O4S. The Kier molecular flexibility index (Phi) is 6.18. The van der Waals surface area contributed by atoms with Gasteiger partial charge in [-0.15, -0.1) is 0 Å². The Morgan fingerprint density at radius 2 is 1.90 bits per heavy atom. The number of nitrogens with two attached hydrogens (primary N) is 1. The third-order valence-corrected chi connectivity index (χ3v) is 5.45. The second-order valence-corrected chi connectivity index (χ2v) is 8.79. The maximum atomic E-state index is 12.4. The van der Waals surface area contributed by atoms with E-state index in [4.69, 9.17) is 22.1 Å². The van der Waals surface area contributed by atoms with Gasteiger partial charge < -0.3 is 15.8 Å². The van der Waals surface area contributed by atoms with Gasteiger partial charge in [0.2, 0.25) is 11.9 Å². The fraction of sp³-hybridized carbons (Fsp3) is 0.158. The second kappa shape index (κ2) is 8.64. The lowest BCUT2D eigenvalue weighted by molar-refractivity contribution is 0.0462. The van der Waals surface area contributed by atoms with Crippen molar-refractivity contribution in [2.75, 3.05) is 17.3 Å². The lowest BCUT2D eigenvalue weighted by atomic mass is 10.2. The van der Waals surface area contributed by atoms with Crippen LogP contribution in [0.5, 0.6) is 0 Å². The number of carbonyl (C=O) groups excluding carboxylic acids is 1. The fourth-order valence-electron chi connectivity index (χ4n) is 2.49. The summed E-state index contributed by atoms with van der Waals surface area (Å²) in [6.45, 7) is 1.61. The SMILES string of the molecule is Cc1ccccc1Nc1nc(N)nc(COC(=O)c2cc(S(C)(=O)=O)ccc2Cl)n1. The van der Waals surface area contributed by atoms with Crippen molar-refractivity contribution in [3.8, 4) is 0 Å². The Balaban J connectivity index is 1.77. The van der Waals surface area contributed by atoms with E-state index in [0.29, 0.717) is 0 Å². The topological polar surface area (TPSA) is 137 Å². The molecule has 0 aliphatic carbocycles. The minimum Gasteiger partial charge on any atom is -0.454 e. The van der Waals surface area contributed by atoms with E-state index in [2.05, 4.69) is 20.3 Å².